The number of halogens is 3. The summed E-state index contributed by atoms with van der Waals surface area (Å²) in [5.74, 6) is 0.958. The van der Waals surface area contributed by atoms with E-state index in [1.54, 1.807) is 24.3 Å². The zero-order chi connectivity index (χ0) is 20.5. The molecule has 4 nitrogen and oxygen atoms in total. The number of carbonyl (C=O) groups excluding carboxylic acids is 1. The topological polar surface area (TPSA) is 47.8 Å². The minimum Gasteiger partial charge on any atom is -0.302 e. The fourth-order valence-electron chi connectivity index (χ4n) is 2.88. The molecule has 0 atom stereocenters. The van der Waals surface area contributed by atoms with Crippen molar-refractivity contribution in [2.24, 2.45) is 0 Å². The molecule has 0 bridgehead atoms. The summed E-state index contributed by atoms with van der Waals surface area (Å²) >= 11 is 21.5. The Labute approximate surface area is 190 Å². The van der Waals surface area contributed by atoms with E-state index in [1.165, 1.54) is 23.1 Å². The molecule has 0 fully saturated rings. The number of thiophene rings is 1. The van der Waals surface area contributed by atoms with Crippen LogP contribution in [-0.2, 0) is 6.54 Å². The highest BCUT2D eigenvalue weighted by molar-refractivity contribution is 7.99. The van der Waals surface area contributed by atoms with E-state index in [2.05, 4.69) is 10.2 Å². The van der Waals surface area contributed by atoms with Crippen LogP contribution in [0.25, 0.3) is 20.8 Å². The molecule has 0 N–H and O–H groups in total. The van der Waals surface area contributed by atoms with Gasteiger partial charge in [-0.2, -0.15) is 0 Å². The lowest BCUT2D eigenvalue weighted by Gasteiger charge is -2.06. The highest BCUT2D eigenvalue weighted by Crippen LogP contribution is 2.42. The van der Waals surface area contributed by atoms with E-state index >= 15 is 0 Å². The van der Waals surface area contributed by atoms with Gasteiger partial charge in [0.05, 0.1) is 15.7 Å². The molecule has 0 unspecified atom stereocenters. The first-order valence-corrected chi connectivity index (χ1v) is 11.6. The van der Waals surface area contributed by atoms with Crippen molar-refractivity contribution in [1.82, 2.24) is 14.8 Å². The van der Waals surface area contributed by atoms with Crippen LogP contribution >= 0.6 is 57.9 Å². The van der Waals surface area contributed by atoms with Crippen LogP contribution in [0.5, 0.6) is 0 Å². The molecule has 0 saturated carbocycles. The van der Waals surface area contributed by atoms with Gasteiger partial charge in [0.1, 0.15) is 0 Å². The van der Waals surface area contributed by atoms with Crippen molar-refractivity contribution >= 4 is 73.8 Å². The van der Waals surface area contributed by atoms with Gasteiger partial charge in [0.2, 0.25) is 0 Å². The Kier molecular flexibility index (Phi) is 6.18. The number of hydrogen-bond acceptors (Lipinski definition) is 5. The number of rotatable bonds is 6. The van der Waals surface area contributed by atoms with E-state index in [0.29, 0.717) is 38.2 Å². The highest BCUT2D eigenvalue weighted by Gasteiger charge is 2.20. The summed E-state index contributed by atoms with van der Waals surface area (Å²) in [5, 5.41) is 12.2. The Balaban J connectivity index is 1.61. The van der Waals surface area contributed by atoms with Crippen molar-refractivity contribution < 1.29 is 4.79 Å². The fraction of sp³-hybridized carbons (Fsp3) is 0.150. The molecule has 9 heteroatoms. The number of Topliss-reactive ketones (excluding diaryl/α,β-unsaturated/α-hetero) is 1. The number of hydrogen-bond donors (Lipinski definition) is 0. The standard InChI is InChI=1S/C20H14Cl3N3OS2/c1-2-26-19(18-17(23)14-8-7-13(22)9-16(14)29-18)24-25-20(26)28-10-15(27)11-3-5-12(21)6-4-11/h3-9H,2,10H2,1H3. The average Bonchev–Trinajstić information content (AvgIpc) is 3.26. The van der Waals surface area contributed by atoms with Crippen LogP contribution in [-0.4, -0.2) is 26.3 Å². The maximum absolute atomic E-state index is 12.5. The molecule has 0 amide bonds. The number of thioether (sulfide) groups is 1. The van der Waals surface area contributed by atoms with Gasteiger partial charge in [-0.05, 0) is 43.3 Å². The van der Waals surface area contributed by atoms with E-state index in [-0.39, 0.29) is 11.5 Å². The predicted molar refractivity (Wildman–Crippen MR) is 123 cm³/mol. The molecule has 0 radical (unpaired) electrons. The predicted octanol–water partition coefficient (Wildman–Crippen LogP) is 7.11. The zero-order valence-electron chi connectivity index (χ0n) is 15.2. The first-order chi connectivity index (χ1) is 14.0. The van der Waals surface area contributed by atoms with Gasteiger partial charge in [0, 0.05) is 32.2 Å². The van der Waals surface area contributed by atoms with Crippen molar-refractivity contribution in [3.05, 3.63) is 63.1 Å². The van der Waals surface area contributed by atoms with Gasteiger partial charge >= 0.3 is 0 Å². The number of benzene rings is 2. The molecular weight excluding hydrogens is 469 g/mol. The lowest BCUT2D eigenvalue weighted by Crippen LogP contribution is -2.05. The monoisotopic (exact) mass is 481 g/mol. The van der Waals surface area contributed by atoms with Crippen LogP contribution in [0.15, 0.2) is 47.6 Å². The molecule has 2 aromatic carbocycles. The van der Waals surface area contributed by atoms with Crippen LogP contribution in [0, 0.1) is 0 Å². The van der Waals surface area contributed by atoms with Gasteiger partial charge < -0.3 is 4.57 Å². The maximum Gasteiger partial charge on any atom is 0.191 e. The molecule has 0 spiro atoms. The van der Waals surface area contributed by atoms with Crippen LogP contribution in [0.2, 0.25) is 15.1 Å². The molecule has 148 valence electrons. The molecule has 0 aliphatic heterocycles. The Bertz CT molecular complexity index is 1200. The summed E-state index contributed by atoms with van der Waals surface area (Å²) < 4.78 is 2.97. The third kappa shape index (κ3) is 4.18. The quantitative estimate of drug-likeness (QED) is 0.217. The Morgan fingerprint density at radius 1 is 1.07 bits per heavy atom. The molecule has 2 aromatic heterocycles. The van der Waals surface area contributed by atoms with Crippen LogP contribution < -0.4 is 0 Å². The van der Waals surface area contributed by atoms with Crippen molar-refractivity contribution in [2.75, 3.05) is 5.75 Å². The van der Waals surface area contributed by atoms with Gasteiger partial charge in [0.15, 0.2) is 16.8 Å². The second kappa shape index (κ2) is 8.66. The van der Waals surface area contributed by atoms with Gasteiger partial charge in [-0.15, -0.1) is 21.5 Å². The minimum atomic E-state index is 0.00778. The van der Waals surface area contributed by atoms with Gasteiger partial charge in [-0.1, -0.05) is 52.6 Å². The number of fused-ring (bicyclic) bond motifs is 1. The number of nitrogens with zero attached hydrogens (tertiary/aromatic N) is 3. The second-order valence-electron chi connectivity index (χ2n) is 6.15. The normalized spacial score (nSPS) is 11.3. The Morgan fingerprint density at radius 2 is 1.79 bits per heavy atom. The molecule has 0 aliphatic rings. The largest absolute Gasteiger partial charge is 0.302 e. The van der Waals surface area contributed by atoms with Crippen LogP contribution in [0.4, 0.5) is 0 Å². The van der Waals surface area contributed by atoms with Crippen LogP contribution in [0.3, 0.4) is 0 Å². The molecule has 4 aromatic rings. The zero-order valence-corrected chi connectivity index (χ0v) is 19.1. The molecule has 0 saturated heterocycles. The molecular formula is C20H14Cl3N3OS2. The first kappa shape index (κ1) is 20.7. The van der Waals surface area contributed by atoms with Crippen molar-refractivity contribution in [3.63, 3.8) is 0 Å². The molecule has 2 heterocycles. The average molecular weight is 483 g/mol. The first-order valence-electron chi connectivity index (χ1n) is 8.70. The SMILES string of the molecule is CCn1c(SCC(=O)c2ccc(Cl)cc2)nnc1-c1sc2cc(Cl)ccc2c1Cl. The summed E-state index contributed by atoms with van der Waals surface area (Å²) in [6.45, 7) is 2.67. The highest BCUT2D eigenvalue weighted by atomic mass is 35.5. The van der Waals surface area contributed by atoms with E-state index in [9.17, 15) is 4.79 Å². The summed E-state index contributed by atoms with van der Waals surface area (Å²) in [6.07, 6.45) is 0. The van der Waals surface area contributed by atoms with Crippen LogP contribution in [0.1, 0.15) is 17.3 Å². The van der Waals surface area contributed by atoms with Gasteiger partial charge in [-0.25, -0.2) is 0 Å². The second-order valence-corrected chi connectivity index (χ2v) is 9.40. The lowest BCUT2D eigenvalue weighted by molar-refractivity contribution is 0.102. The molecule has 29 heavy (non-hydrogen) atoms. The maximum atomic E-state index is 12.5. The fourth-order valence-corrected chi connectivity index (χ4v) is 5.69. The summed E-state index contributed by atoms with van der Waals surface area (Å²) in [4.78, 5) is 13.3. The lowest BCUT2D eigenvalue weighted by atomic mass is 10.1. The minimum absolute atomic E-state index is 0.00778. The van der Waals surface area contributed by atoms with E-state index in [4.69, 9.17) is 34.8 Å². The third-order valence-corrected chi connectivity index (χ3v) is 7.43. The number of carbonyl (C=O) groups is 1. The third-order valence-electron chi connectivity index (χ3n) is 4.33. The smallest absolute Gasteiger partial charge is 0.191 e. The summed E-state index contributed by atoms with van der Waals surface area (Å²) in [7, 11) is 0. The van der Waals surface area contributed by atoms with Gasteiger partial charge in [-0.3, -0.25) is 4.79 Å². The van der Waals surface area contributed by atoms with E-state index in [0.717, 1.165) is 15.0 Å². The van der Waals surface area contributed by atoms with Gasteiger partial charge in [0.25, 0.3) is 0 Å². The van der Waals surface area contributed by atoms with E-state index in [1.807, 2.05) is 29.7 Å². The summed E-state index contributed by atoms with van der Waals surface area (Å²) in [6, 6.07) is 12.5. The number of aromatic nitrogens is 3. The molecule has 0 aliphatic carbocycles. The molecule has 4 rings (SSSR count). The Morgan fingerprint density at radius 3 is 2.52 bits per heavy atom. The van der Waals surface area contributed by atoms with Crippen molar-refractivity contribution in [2.45, 2.75) is 18.6 Å². The number of ketones is 1. The van der Waals surface area contributed by atoms with Crippen molar-refractivity contribution in [3.8, 4) is 10.7 Å². The Hall–Kier alpha value is -1.57. The summed E-state index contributed by atoms with van der Waals surface area (Å²) in [5.41, 5.74) is 0.620. The van der Waals surface area contributed by atoms with E-state index < -0.39 is 0 Å². The van der Waals surface area contributed by atoms with Crippen molar-refractivity contribution in [1.29, 1.82) is 0 Å².